The van der Waals surface area contributed by atoms with Gasteiger partial charge in [0.05, 0.1) is 6.10 Å². The highest BCUT2D eigenvalue weighted by Gasteiger charge is 2.70. The van der Waals surface area contributed by atoms with Gasteiger partial charge in [-0.25, -0.2) is 0 Å². The van der Waals surface area contributed by atoms with Crippen LogP contribution in [0.5, 0.6) is 0 Å². The number of fused-ring (bicyclic) bond motifs is 7. The van der Waals surface area contributed by atoms with Gasteiger partial charge in [-0.1, -0.05) is 46.8 Å². The number of rotatable bonds is 2. The van der Waals surface area contributed by atoms with E-state index in [9.17, 15) is 10.2 Å². The standard InChI is InChI=1S/C30H50O2/c1-19(2)20-10-15-30(18-31)17-16-28(6)21(25(20)30)8-9-23-27(5)13-12-24(32)26(3,4)22(27)11-14-29(23,28)7/h20-25,31-32H,1,8-18H2,2-7H3/t20-,21+,22-,23+,24-,25+,27-,28+,29+,30-/m0/s1. The second-order valence-corrected chi connectivity index (χ2v) is 14.6. The molecule has 5 aliphatic rings. The normalized spacial score (nSPS) is 56.5. The smallest absolute Gasteiger partial charge is 0.0594 e. The Kier molecular flexibility index (Phi) is 5.19. The maximum atomic E-state index is 10.9. The zero-order valence-electron chi connectivity index (χ0n) is 21.8. The Balaban J connectivity index is 1.55. The third kappa shape index (κ3) is 2.66. The van der Waals surface area contributed by atoms with E-state index in [1.165, 1.54) is 63.4 Å². The number of allylic oxidation sites excluding steroid dienone is 1. The van der Waals surface area contributed by atoms with Gasteiger partial charge in [-0.15, -0.1) is 0 Å². The van der Waals surface area contributed by atoms with Crippen molar-refractivity contribution < 1.29 is 10.2 Å². The molecule has 0 aliphatic heterocycles. The first-order valence-electron chi connectivity index (χ1n) is 13.8. The summed E-state index contributed by atoms with van der Waals surface area (Å²) >= 11 is 0. The number of aliphatic hydroxyl groups is 2. The molecule has 182 valence electrons. The van der Waals surface area contributed by atoms with E-state index in [0.717, 1.165) is 18.3 Å². The van der Waals surface area contributed by atoms with Crippen molar-refractivity contribution in [3.05, 3.63) is 12.2 Å². The maximum absolute atomic E-state index is 10.9. The van der Waals surface area contributed by atoms with E-state index < -0.39 is 0 Å². The Labute approximate surface area is 197 Å². The summed E-state index contributed by atoms with van der Waals surface area (Å²) in [7, 11) is 0. The molecule has 2 nitrogen and oxygen atoms in total. The van der Waals surface area contributed by atoms with Gasteiger partial charge >= 0.3 is 0 Å². The molecule has 5 aliphatic carbocycles. The van der Waals surface area contributed by atoms with Crippen molar-refractivity contribution in [3.8, 4) is 0 Å². The minimum Gasteiger partial charge on any atom is -0.396 e. The third-order valence-corrected chi connectivity index (χ3v) is 13.5. The van der Waals surface area contributed by atoms with Crippen LogP contribution < -0.4 is 0 Å². The fraction of sp³-hybridized carbons (Fsp3) is 0.933. The van der Waals surface area contributed by atoms with Crippen LogP contribution in [0.3, 0.4) is 0 Å². The molecule has 2 N–H and O–H groups in total. The van der Waals surface area contributed by atoms with Crippen LogP contribution in [0.15, 0.2) is 12.2 Å². The molecule has 0 unspecified atom stereocenters. The van der Waals surface area contributed by atoms with Crippen molar-refractivity contribution in [3.63, 3.8) is 0 Å². The topological polar surface area (TPSA) is 40.5 Å². The second kappa shape index (κ2) is 7.09. The summed E-state index contributed by atoms with van der Waals surface area (Å²) in [5.41, 5.74) is 2.60. The van der Waals surface area contributed by atoms with E-state index in [2.05, 4.69) is 48.1 Å². The van der Waals surface area contributed by atoms with Crippen molar-refractivity contribution in [2.24, 2.45) is 56.7 Å². The van der Waals surface area contributed by atoms with Crippen molar-refractivity contribution in [1.82, 2.24) is 0 Å². The molecular formula is C30H50O2. The lowest BCUT2D eigenvalue weighted by Crippen LogP contribution is -2.66. The lowest BCUT2D eigenvalue weighted by Gasteiger charge is -2.73. The average Bonchev–Trinajstić information content (AvgIpc) is 3.12. The van der Waals surface area contributed by atoms with Crippen LogP contribution in [0.2, 0.25) is 0 Å². The Hall–Kier alpha value is -0.340. The molecule has 0 aromatic heterocycles. The molecule has 0 amide bonds. The predicted molar refractivity (Wildman–Crippen MR) is 132 cm³/mol. The fourth-order valence-corrected chi connectivity index (χ4v) is 11.5. The third-order valence-electron chi connectivity index (χ3n) is 13.5. The van der Waals surface area contributed by atoms with Gasteiger partial charge < -0.3 is 10.2 Å². The summed E-state index contributed by atoms with van der Waals surface area (Å²) in [6, 6.07) is 0. The molecule has 5 saturated carbocycles. The fourth-order valence-electron chi connectivity index (χ4n) is 11.5. The minimum atomic E-state index is -0.147. The average molecular weight is 443 g/mol. The summed E-state index contributed by atoms with van der Waals surface area (Å²) in [6.45, 7) is 19.7. The van der Waals surface area contributed by atoms with Crippen LogP contribution in [0.25, 0.3) is 0 Å². The molecule has 2 heteroatoms. The van der Waals surface area contributed by atoms with Crippen LogP contribution in [0.4, 0.5) is 0 Å². The Morgan fingerprint density at radius 3 is 2.19 bits per heavy atom. The molecule has 5 fully saturated rings. The van der Waals surface area contributed by atoms with E-state index in [0.29, 0.717) is 40.6 Å². The van der Waals surface area contributed by atoms with Crippen molar-refractivity contribution in [1.29, 1.82) is 0 Å². The quantitative estimate of drug-likeness (QED) is 0.452. The molecule has 0 saturated heterocycles. The van der Waals surface area contributed by atoms with Crippen molar-refractivity contribution in [2.45, 2.75) is 112 Å². The summed E-state index contributed by atoms with van der Waals surface area (Å²) in [5.74, 6) is 3.33. The first kappa shape index (κ1) is 23.4. The highest BCUT2D eigenvalue weighted by Crippen LogP contribution is 2.77. The van der Waals surface area contributed by atoms with Gasteiger partial charge in [-0.05, 0) is 128 Å². The highest BCUT2D eigenvalue weighted by molar-refractivity contribution is 5.21. The summed E-state index contributed by atoms with van der Waals surface area (Å²) in [5, 5.41) is 21.5. The lowest BCUT2D eigenvalue weighted by molar-refractivity contribution is -0.249. The van der Waals surface area contributed by atoms with Gasteiger partial charge in [-0.3, -0.25) is 0 Å². The SMILES string of the molecule is C=C(C)[C@@H]1CC[C@@]2(CO)CC[C@]3(C)[C@H](CC[C@@H]4[C@@]5(C)CC[C@H](O)C(C)(C)[C@@H]5CC[C@]43C)[C@@H]12. The van der Waals surface area contributed by atoms with Gasteiger partial charge in [0.25, 0.3) is 0 Å². The molecule has 32 heavy (non-hydrogen) atoms. The highest BCUT2D eigenvalue weighted by atomic mass is 16.3. The van der Waals surface area contributed by atoms with E-state index in [-0.39, 0.29) is 16.9 Å². The van der Waals surface area contributed by atoms with Crippen molar-refractivity contribution in [2.75, 3.05) is 6.61 Å². The molecule has 0 aromatic carbocycles. The number of aliphatic hydroxyl groups excluding tert-OH is 2. The van der Waals surface area contributed by atoms with Crippen LogP contribution in [-0.4, -0.2) is 22.9 Å². The van der Waals surface area contributed by atoms with Crippen LogP contribution in [-0.2, 0) is 0 Å². The number of hydrogen-bond acceptors (Lipinski definition) is 2. The molecule has 0 bridgehead atoms. The molecule has 0 heterocycles. The van der Waals surface area contributed by atoms with E-state index in [1.54, 1.807) is 0 Å². The van der Waals surface area contributed by atoms with Crippen LogP contribution >= 0.6 is 0 Å². The van der Waals surface area contributed by atoms with Gasteiger partial charge in [0, 0.05) is 6.61 Å². The Bertz CT molecular complexity index is 786. The summed E-state index contributed by atoms with van der Waals surface area (Å²) in [6.07, 6.45) is 12.2. The largest absolute Gasteiger partial charge is 0.396 e. The lowest BCUT2D eigenvalue weighted by atomic mass is 9.32. The molecule has 0 spiro atoms. The van der Waals surface area contributed by atoms with Gasteiger partial charge in [-0.2, -0.15) is 0 Å². The van der Waals surface area contributed by atoms with Gasteiger partial charge in [0.1, 0.15) is 0 Å². The molecule has 0 radical (unpaired) electrons. The molecule has 5 rings (SSSR count). The summed E-state index contributed by atoms with van der Waals surface area (Å²) in [4.78, 5) is 0. The zero-order valence-corrected chi connectivity index (χ0v) is 21.8. The Morgan fingerprint density at radius 2 is 1.53 bits per heavy atom. The number of hydrogen-bond donors (Lipinski definition) is 2. The molecule has 10 atom stereocenters. The Morgan fingerprint density at radius 1 is 0.812 bits per heavy atom. The maximum Gasteiger partial charge on any atom is 0.0594 e. The van der Waals surface area contributed by atoms with Gasteiger partial charge in [0.2, 0.25) is 0 Å². The second-order valence-electron chi connectivity index (χ2n) is 14.6. The van der Waals surface area contributed by atoms with Gasteiger partial charge in [0.15, 0.2) is 0 Å². The first-order valence-corrected chi connectivity index (χ1v) is 13.8. The van der Waals surface area contributed by atoms with E-state index in [4.69, 9.17) is 0 Å². The van der Waals surface area contributed by atoms with Crippen LogP contribution in [0, 0.1) is 56.7 Å². The summed E-state index contributed by atoms with van der Waals surface area (Å²) < 4.78 is 0. The first-order chi connectivity index (χ1) is 14.9. The van der Waals surface area contributed by atoms with E-state index >= 15 is 0 Å². The molecule has 0 aromatic rings. The minimum absolute atomic E-state index is 0.0290. The predicted octanol–water partition coefficient (Wildman–Crippen LogP) is 7.00. The van der Waals surface area contributed by atoms with E-state index in [1.807, 2.05) is 0 Å². The van der Waals surface area contributed by atoms with Crippen LogP contribution in [0.1, 0.15) is 106 Å². The monoisotopic (exact) mass is 442 g/mol. The van der Waals surface area contributed by atoms with Crippen molar-refractivity contribution >= 4 is 0 Å². The zero-order chi connectivity index (χ0) is 23.3. The molecular weight excluding hydrogens is 392 g/mol.